The van der Waals surface area contributed by atoms with Crippen LogP contribution in [0.2, 0.25) is 5.02 Å². The molecule has 0 heterocycles. The number of carbonyl (C=O) groups is 1. The van der Waals surface area contributed by atoms with Crippen LogP contribution < -0.4 is 14.8 Å². The molecule has 6 heteroatoms. The average Bonchev–Trinajstić information content (AvgIpc) is 2.83. The van der Waals surface area contributed by atoms with Crippen molar-refractivity contribution in [2.45, 2.75) is 13.0 Å². The Morgan fingerprint density at radius 1 is 1.15 bits per heavy atom. The van der Waals surface area contributed by atoms with E-state index in [1.165, 1.54) is 6.08 Å². The highest BCUT2D eigenvalue weighted by atomic mass is 35.5. The number of benzene rings is 3. The number of rotatable bonds is 9. The molecule has 33 heavy (non-hydrogen) atoms. The number of carbonyl (C=O) groups excluding carboxylic acids is 1. The van der Waals surface area contributed by atoms with E-state index in [0.717, 1.165) is 11.1 Å². The Balaban J connectivity index is 1.91. The number of nitrogens with zero attached hydrogens (tertiary/aromatic N) is 1. The van der Waals surface area contributed by atoms with Gasteiger partial charge in [-0.25, -0.2) is 0 Å². The van der Waals surface area contributed by atoms with Crippen molar-refractivity contribution >= 4 is 29.3 Å². The summed E-state index contributed by atoms with van der Waals surface area (Å²) >= 11 is 6.11. The minimum Gasteiger partial charge on any atom is -0.493 e. The lowest BCUT2D eigenvalue weighted by Gasteiger charge is -2.16. The average molecular weight is 459 g/mol. The Morgan fingerprint density at radius 2 is 1.88 bits per heavy atom. The van der Waals surface area contributed by atoms with E-state index in [0.29, 0.717) is 40.8 Å². The molecule has 0 aromatic heterocycles. The SMILES string of the molecule is C=CCc1cc(/C=C(\C#N)C(=O)Nc2ccccc2Cl)cc(OC)c1OCc1ccccc1. The molecule has 0 bridgehead atoms. The van der Waals surface area contributed by atoms with Crippen LogP contribution >= 0.6 is 11.6 Å². The van der Waals surface area contributed by atoms with Crippen molar-refractivity contribution in [2.75, 3.05) is 12.4 Å². The molecule has 0 radical (unpaired) electrons. The van der Waals surface area contributed by atoms with E-state index in [9.17, 15) is 10.1 Å². The number of anilines is 1. The lowest BCUT2D eigenvalue weighted by Crippen LogP contribution is -2.13. The molecular weight excluding hydrogens is 436 g/mol. The molecule has 0 saturated heterocycles. The fourth-order valence-corrected chi connectivity index (χ4v) is 3.37. The van der Waals surface area contributed by atoms with Gasteiger partial charge in [-0.1, -0.05) is 60.1 Å². The highest BCUT2D eigenvalue weighted by molar-refractivity contribution is 6.34. The number of nitrogens with one attached hydrogen (secondary N) is 1. The van der Waals surface area contributed by atoms with E-state index in [4.69, 9.17) is 21.1 Å². The minimum absolute atomic E-state index is 0.0699. The number of amides is 1. The topological polar surface area (TPSA) is 71.4 Å². The molecule has 3 rings (SSSR count). The van der Waals surface area contributed by atoms with E-state index in [2.05, 4.69) is 11.9 Å². The van der Waals surface area contributed by atoms with Crippen molar-refractivity contribution < 1.29 is 14.3 Å². The minimum atomic E-state index is -0.556. The first-order valence-corrected chi connectivity index (χ1v) is 10.6. The number of halogens is 1. The third-order valence-electron chi connectivity index (χ3n) is 4.76. The Morgan fingerprint density at radius 3 is 2.55 bits per heavy atom. The number of hydrogen-bond donors (Lipinski definition) is 1. The number of para-hydroxylation sites is 1. The summed E-state index contributed by atoms with van der Waals surface area (Å²) in [5, 5.41) is 12.6. The molecule has 3 aromatic carbocycles. The number of nitriles is 1. The molecule has 5 nitrogen and oxygen atoms in total. The van der Waals surface area contributed by atoms with E-state index in [1.807, 2.05) is 42.5 Å². The van der Waals surface area contributed by atoms with E-state index < -0.39 is 5.91 Å². The van der Waals surface area contributed by atoms with Crippen molar-refractivity contribution in [3.63, 3.8) is 0 Å². The monoisotopic (exact) mass is 458 g/mol. The second kappa shape index (κ2) is 11.6. The van der Waals surface area contributed by atoms with Crippen LogP contribution in [-0.2, 0) is 17.8 Å². The highest BCUT2D eigenvalue weighted by Gasteiger charge is 2.15. The van der Waals surface area contributed by atoms with Gasteiger partial charge in [0.2, 0.25) is 0 Å². The van der Waals surface area contributed by atoms with Crippen LogP contribution in [0.5, 0.6) is 11.5 Å². The predicted octanol–water partition coefficient (Wildman–Crippen LogP) is 6.20. The molecule has 166 valence electrons. The van der Waals surface area contributed by atoms with Gasteiger partial charge in [0.25, 0.3) is 5.91 Å². The van der Waals surface area contributed by atoms with E-state index in [-0.39, 0.29) is 5.57 Å². The van der Waals surface area contributed by atoms with Crippen LogP contribution in [0.25, 0.3) is 6.08 Å². The van der Waals surface area contributed by atoms with Gasteiger partial charge in [0, 0.05) is 5.56 Å². The summed E-state index contributed by atoms with van der Waals surface area (Å²) in [6.07, 6.45) is 3.78. The van der Waals surface area contributed by atoms with Gasteiger partial charge < -0.3 is 14.8 Å². The van der Waals surface area contributed by atoms with Crippen molar-refractivity contribution in [3.8, 4) is 17.6 Å². The van der Waals surface area contributed by atoms with Gasteiger partial charge in [-0.2, -0.15) is 5.26 Å². The lowest BCUT2D eigenvalue weighted by molar-refractivity contribution is -0.112. The molecule has 1 N–H and O–H groups in total. The summed E-state index contributed by atoms with van der Waals surface area (Å²) in [5.41, 5.74) is 2.84. The lowest BCUT2D eigenvalue weighted by atomic mass is 10.0. The summed E-state index contributed by atoms with van der Waals surface area (Å²) < 4.78 is 11.6. The van der Waals surface area contributed by atoms with Gasteiger partial charge in [-0.15, -0.1) is 6.58 Å². The molecule has 3 aromatic rings. The van der Waals surface area contributed by atoms with Crippen LogP contribution in [0.3, 0.4) is 0 Å². The van der Waals surface area contributed by atoms with Crippen LogP contribution in [-0.4, -0.2) is 13.0 Å². The maximum atomic E-state index is 12.7. The molecule has 0 aliphatic carbocycles. The number of ether oxygens (including phenoxy) is 2. The number of methoxy groups -OCH3 is 1. The Kier molecular flexibility index (Phi) is 8.29. The summed E-state index contributed by atoms with van der Waals surface area (Å²) in [6, 6.07) is 22.2. The zero-order valence-corrected chi connectivity index (χ0v) is 18.9. The summed E-state index contributed by atoms with van der Waals surface area (Å²) in [7, 11) is 1.55. The van der Waals surface area contributed by atoms with E-state index >= 15 is 0 Å². The first-order chi connectivity index (χ1) is 16.0. The van der Waals surface area contributed by atoms with Gasteiger partial charge in [0.15, 0.2) is 11.5 Å². The van der Waals surface area contributed by atoms with Gasteiger partial charge in [0.1, 0.15) is 18.2 Å². The smallest absolute Gasteiger partial charge is 0.266 e. The zero-order valence-electron chi connectivity index (χ0n) is 18.2. The quantitative estimate of drug-likeness (QED) is 0.235. The van der Waals surface area contributed by atoms with Crippen LogP contribution in [0.1, 0.15) is 16.7 Å². The van der Waals surface area contributed by atoms with E-state index in [1.54, 1.807) is 43.5 Å². The third kappa shape index (κ3) is 6.25. The molecule has 0 atom stereocenters. The maximum Gasteiger partial charge on any atom is 0.266 e. The van der Waals surface area contributed by atoms with Crippen molar-refractivity contribution in [3.05, 3.63) is 107 Å². The summed E-state index contributed by atoms with van der Waals surface area (Å²) in [6.45, 7) is 4.20. The molecule has 0 aliphatic rings. The molecule has 0 unspecified atom stereocenters. The van der Waals surface area contributed by atoms with Gasteiger partial charge in [-0.3, -0.25) is 4.79 Å². The molecule has 0 spiro atoms. The Hall–Kier alpha value is -4.01. The van der Waals surface area contributed by atoms with Crippen molar-refractivity contribution in [1.29, 1.82) is 5.26 Å². The fraction of sp³-hybridized carbons (Fsp3) is 0.111. The van der Waals surface area contributed by atoms with Crippen LogP contribution in [0, 0.1) is 11.3 Å². The van der Waals surface area contributed by atoms with Crippen LogP contribution in [0.15, 0.2) is 85.0 Å². The number of allylic oxidation sites excluding steroid dienone is 1. The molecular formula is C27H23ClN2O3. The first-order valence-electron chi connectivity index (χ1n) is 10.2. The Labute approximate surface area is 198 Å². The third-order valence-corrected chi connectivity index (χ3v) is 5.09. The molecule has 1 amide bonds. The molecule has 0 fully saturated rings. The van der Waals surface area contributed by atoms with Gasteiger partial charge in [0.05, 0.1) is 17.8 Å². The normalized spacial score (nSPS) is 10.8. The molecule has 0 saturated carbocycles. The molecule has 0 aliphatic heterocycles. The predicted molar refractivity (Wildman–Crippen MR) is 131 cm³/mol. The highest BCUT2D eigenvalue weighted by Crippen LogP contribution is 2.35. The number of hydrogen-bond acceptors (Lipinski definition) is 4. The largest absolute Gasteiger partial charge is 0.493 e. The second-order valence-corrected chi connectivity index (χ2v) is 7.49. The van der Waals surface area contributed by atoms with Gasteiger partial charge >= 0.3 is 0 Å². The standard InChI is InChI=1S/C27H23ClN2O3/c1-3-9-21-14-20(15-22(17-29)27(31)30-24-13-8-7-12-23(24)28)16-25(32-2)26(21)33-18-19-10-5-4-6-11-19/h3-8,10-16H,1,9,18H2,2H3,(H,30,31)/b22-15+. The maximum absolute atomic E-state index is 12.7. The Bertz CT molecular complexity index is 1210. The van der Waals surface area contributed by atoms with Crippen molar-refractivity contribution in [1.82, 2.24) is 0 Å². The van der Waals surface area contributed by atoms with Gasteiger partial charge in [-0.05, 0) is 47.9 Å². The fourth-order valence-electron chi connectivity index (χ4n) is 3.19. The van der Waals surface area contributed by atoms with Crippen molar-refractivity contribution in [2.24, 2.45) is 0 Å². The summed E-state index contributed by atoms with van der Waals surface area (Å²) in [4.78, 5) is 12.7. The zero-order chi connectivity index (χ0) is 23.6. The summed E-state index contributed by atoms with van der Waals surface area (Å²) in [5.74, 6) is 0.539. The second-order valence-electron chi connectivity index (χ2n) is 7.08. The van der Waals surface area contributed by atoms with Crippen LogP contribution in [0.4, 0.5) is 5.69 Å². The first kappa shape index (κ1) is 23.6.